The van der Waals surface area contributed by atoms with Crippen molar-refractivity contribution >= 4 is 5.91 Å². The third kappa shape index (κ3) is 2.69. The lowest BCUT2D eigenvalue weighted by atomic mass is 9.68. The zero-order chi connectivity index (χ0) is 16.0. The largest absolute Gasteiger partial charge is 0.337 e. The van der Waals surface area contributed by atoms with Crippen LogP contribution in [0, 0.1) is 5.92 Å². The van der Waals surface area contributed by atoms with E-state index in [1.54, 1.807) is 0 Å². The Morgan fingerprint density at radius 1 is 1.17 bits per heavy atom. The van der Waals surface area contributed by atoms with E-state index >= 15 is 0 Å². The topological polar surface area (TPSA) is 23.6 Å². The molecular formula is C20H28N2O. The molecule has 0 bridgehead atoms. The zero-order valence-electron chi connectivity index (χ0n) is 14.4. The monoisotopic (exact) mass is 312 g/mol. The first kappa shape index (κ1) is 15.2. The van der Waals surface area contributed by atoms with Crippen LogP contribution >= 0.6 is 0 Å². The van der Waals surface area contributed by atoms with Crippen molar-refractivity contribution in [2.75, 3.05) is 19.6 Å². The van der Waals surface area contributed by atoms with Gasteiger partial charge in [0, 0.05) is 30.5 Å². The summed E-state index contributed by atoms with van der Waals surface area (Å²) in [5, 5.41) is 0. The van der Waals surface area contributed by atoms with Crippen molar-refractivity contribution in [3.05, 3.63) is 35.4 Å². The summed E-state index contributed by atoms with van der Waals surface area (Å²) in [5.41, 5.74) is 3.08. The number of carbonyl (C=O) groups is 1. The molecule has 2 fully saturated rings. The van der Waals surface area contributed by atoms with E-state index in [0.29, 0.717) is 17.9 Å². The Morgan fingerprint density at radius 2 is 1.87 bits per heavy atom. The lowest BCUT2D eigenvalue weighted by molar-refractivity contribution is -0.135. The number of amides is 1. The molecule has 1 saturated heterocycles. The summed E-state index contributed by atoms with van der Waals surface area (Å²) in [4.78, 5) is 17.4. The minimum atomic E-state index is 0.185. The van der Waals surface area contributed by atoms with Crippen molar-refractivity contribution < 1.29 is 4.79 Å². The highest BCUT2D eigenvalue weighted by atomic mass is 16.2. The standard InChI is InChI=1S/C20H28N2O/c1-15(2)21-11-9-20(10-12-21)14-22(19(23)16-7-8-16)13-17-5-3-4-6-18(17)20/h3-6,15-16H,7-14H2,1-2H3. The lowest BCUT2D eigenvalue weighted by Crippen LogP contribution is -2.54. The van der Waals surface area contributed by atoms with Crippen LogP contribution in [0.4, 0.5) is 0 Å². The van der Waals surface area contributed by atoms with Crippen LogP contribution < -0.4 is 0 Å². The van der Waals surface area contributed by atoms with Gasteiger partial charge in [0.15, 0.2) is 0 Å². The van der Waals surface area contributed by atoms with E-state index in [-0.39, 0.29) is 5.41 Å². The number of hydrogen-bond acceptors (Lipinski definition) is 2. The van der Waals surface area contributed by atoms with Gasteiger partial charge in [0.2, 0.25) is 5.91 Å². The molecule has 1 aromatic carbocycles. The van der Waals surface area contributed by atoms with Crippen molar-refractivity contribution in [2.24, 2.45) is 5.92 Å². The first-order valence-corrected chi connectivity index (χ1v) is 9.20. The maximum atomic E-state index is 12.7. The molecule has 3 aliphatic rings. The molecule has 0 atom stereocenters. The van der Waals surface area contributed by atoms with Gasteiger partial charge in [-0.1, -0.05) is 24.3 Å². The smallest absolute Gasteiger partial charge is 0.226 e. The maximum absolute atomic E-state index is 12.7. The summed E-state index contributed by atoms with van der Waals surface area (Å²) in [6, 6.07) is 9.47. The van der Waals surface area contributed by atoms with Gasteiger partial charge in [0.25, 0.3) is 0 Å². The first-order valence-electron chi connectivity index (χ1n) is 9.20. The first-order chi connectivity index (χ1) is 11.1. The van der Waals surface area contributed by atoms with Gasteiger partial charge >= 0.3 is 0 Å². The zero-order valence-corrected chi connectivity index (χ0v) is 14.4. The number of carbonyl (C=O) groups excluding carboxylic acids is 1. The number of fused-ring (bicyclic) bond motifs is 2. The predicted octanol–water partition coefficient (Wildman–Crippen LogP) is 3.18. The van der Waals surface area contributed by atoms with E-state index in [2.05, 4.69) is 47.9 Å². The fourth-order valence-corrected chi connectivity index (χ4v) is 4.53. The quantitative estimate of drug-likeness (QED) is 0.837. The number of benzene rings is 1. The van der Waals surface area contributed by atoms with Crippen LogP contribution in [0.25, 0.3) is 0 Å². The molecule has 3 nitrogen and oxygen atoms in total. The molecule has 0 aromatic heterocycles. The summed E-state index contributed by atoms with van der Waals surface area (Å²) in [7, 11) is 0. The van der Waals surface area contributed by atoms with Gasteiger partial charge in [-0.05, 0) is 63.7 Å². The van der Waals surface area contributed by atoms with Crippen LogP contribution in [0.1, 0.15) is 50.7 Å². The second kappa shape index (κ2) is 5.62. The average Bonchev–Trinajstić information content (AvgIpc) is 3.39. The normalized spacial score (nSPS) is 24.0. The van der Waals surface area contributed by atoms with Gasteiger partial charge < -0.3 is 9.80 Å². The molecule has 1 spiro atoms. The van der Waals surface area contributed by atoms with E-state index in [0.717, 1.165) is 39.0 Å². The molecule has 124 valence electrons. The van der Waals surface area contributed by atoms with Crippen LogP contribution in [-0.4, -0.2) is 41.4 Å². The molecule has 23 heavy (non-hydrogen) atoms. The van der Waals surface area contributed by atoms with E-state index < -0.39 is 0 Å². The molecular weight excluding hydrogens is 284 g/mol. The SMILES string of the molecule is CC(C)N1CCC2(CC1)CN(C(=O)C1CC1)Cc1ccccc12. The Bertz CT molecular complexity index is 597. The Kier molecular flexibility index (Phi) is 3.72. The summed E-state index contributed by atoms with van der Waals surface area (Å²) in [6.45, 7) is 8.63. The van der Waals surface area contributed by atoms with Crippen molar-refractivity contribution in [1.29, 1.82) is 0 Å². The molecule has 2 heterocycles. The van der Waals surface area contributed by atoms with Crippen molar-refractivity contribution in [3.8, 4) is 0 Å². The van der Waals surface area contributed by atoms with Gasteiger partial charge in [-0.2, -0.15) is 0 Å². The van der Waals surface area contributed by atoms with Gasteiger partial charge in [-0.15, -0.1) is 0 Å². The highest BCUT2D eigenvalue weighted by Crippen LogP contribution is 2.43. The van der Waals surface area contributed by atoms with Crippen LogP contribution in [0.3, 0.4) is 0 Å². The Hall–Kier alpha value is -1.35. The molecule has 0 unspecified atom stereocenters. The van der Waals surface area contributed by atoms with Crippen molar-refractivity contribution in [1.82, 2.24) is 9.80 Å². The van der Waals surface area contributed by atoms with Crippen LogP contribution in [0.5, 0.6) is 0 Å². The number of nitrogens with zero attached hydrogens (tertiary/aromatic N) is 2. The van der Waals surface area contributed by atoms with Gasteiger partial charge in [0.1, 0.15) is 0 Å². The molecule has 3 heteroatoms. The number of rotatable bonds is 2. The van der Waals surface area contributed by atoms with Crippen LogP contribution in [0.2, 0.25) is 0 Å². The number of piperidine rings is 1. The summed E-state index contributed by atoms with van der Waals surface area (Å²) >= 11 is 0. The maximum Gasteiger partial charge on any atom is 0.226 e. The third-order valence-corrected chi connectivity index (χ3v) is 6.17. The van der Waals surface area contributed by atoms with E-state index in [1.165, 1.54) is 24.0 Å². The van der Waals surface area contributed by atoms with Gasteiger partial charge in [0.05, 0.1) is 0 Å². The molecule has 1 saturated carbocycles. The average molecular weight is 312 g/mol. The summed E-state index contributed by atoms with van der Waals surface area (Å²) in [6.07, 6.45) is 4.56. The predicted molar refractivity (Wildman–Crippen MR) is 92.2 cm³/mol. The minimum absolute atomic E-state index is 0.185. The van der Waals surface area contributed by atoms with Gasteiger partial charge in [-0.3, -0.25) is 4.79 Å². The molecule has 0 N–H and O–H groups in total. The second-order valence-corrected chi connectivity index (χ2v) is 8.04. The fraction of sp³-hybridized carbons (Fsp3) is 0.650. The molecule has 4 rings (SSSR count). The Morgan fingerprint density at radius 3 is 2.52 bits per heavy atom. The summed E-state index contributed by atoms with van der Waals surface area (Å²) < 4.78 is 0. The lowest BCUT2D eigenvalue weighted by Gasteiger charge is -2.49. The second-order valence-electron chi connectivity index (χ2n) is 8.04. The molecule has 1 amide bonds. The fourth-order valence-electron chi connectivity index (χ4n) is 4.53. The van der Waals surface area contributed by atoms with Crippen molar-refractivity contribution in [3.63, 3.8) is 0 Å². The molecule has 2 aliphatic heterocycles. The third-order valence-electron chi connectivity index (χ3n) is 6.17. The van der Waals surface area contributed by atoms with Crippen LogP contribution in [0.15, 0.2) is 24.3 Å². The minimum Gasteiger partial charge on any atom is -0.337 e. The van der Waals surface area contributed by atoms with E-state index in [9.17, 15) is 4.79 Å². The van der Waals surface area contributed by atoms with E-state index in [1.807, 2.05) is 0 Å². The molecule has 1 aromatic rings. The summed E-state index contributed by atoms with van der Waals surface area (Å²) in [5.74, 6) is 0.734. The highest BCUT2D eigenvalue weighted by molar-refractivity contribution is 5.81. The highest BCUT2D eigenvalue weighted by Gasteiger charge is 2.45. The van der Waals surface area contributed by atoms with Crippen molar-refractivity contribution in [2.45, 2.75) is 57.5 Å². The van der Waals surface area contributed by atoms with Gasteiger partial charge in [-0.25, -0.2) is 0 Å². The molecule has 1 aliphatic carbocycles. The van der Waals surface area contributed by atoms with E-state index in [4.69, 9.17) is 0 Å². The van der Waals surface area contributed by atoms with Crippen LogP contribution in [-0.2, 0) is 16.8 Å². The molecule has 0 radical (unpaired) electrons. The Balaban J connectivity index is 1.63. The number of hydrogen-bond donors (Lipinski definition) is 0. The Labute approximate surface area is 139 Å². The number of likely N-dealkylation sites (tertiary alicyclic amines) is 1.